The Morgan fingerprint density at radius 2 is 1.19 bits per heavy atom. The van der Waals surface area contributed by atoms with E-state index in [0.717, 1.165) is 75.5 Å². The SMILES string of the molecule is CCCC12CN3CC(CCC)(CN(C1)C31C3CC4CC(C3)CC1C4)C2=O. The number of hydrogen-bond donors (Lipinski definition) is 0. The van der Waals surface area contributed by atoms with Gasteiger partial charge in [0.1, 0.15) is 5.78 Å². The van der Waals surface area contributed by atoms with E-state index in [1.54, 1.807) is 0 Å². The van der Waals surface area contributed by atoms with Gasteiger partial charge in [0.05, 0.1) is 16.5 Å². The minimum atomic E-state index is -0.0413. The van der Waals surface area contributed by atoms with Crippen molar-refractivity contribution in [1.29, 1.82) is 0 Å². The van der Waals surface area contributed by atoms with Crippen LogP contribution in [0, 0.1) is 34.5 Å². The summed E-state index contributed by atoms with van der Waals surface area (Å²) in [6.07, 6.45) is 12.0. The molecular formula is C23H36N2O. The van der Waals surface area contributed by atoms with Gasteiger partial charge in [-0.25, -0.2) is 0 Å². The molecule has 4 saturated heterocycles. The molecule has 1 spiro atoms. The second-order valence-electron chi connectivity index (χ2n) is 11.2. The Bertz CT molecular complexity index is 566. The van der Waals surface area contributed by atoms with Gasteiger partial charge in [0.25, 0.3) is 0 Å². The van der Waals surface area contributed by atoms with E-state index in [4.69, 9.17) is 0 Å². The summed E-state index contributed by atoms with van der Waals surface area (Å²) in [5.41, 5.74) is 0.267. The molecule has 4 heterocycles. The van der Waals surface area contributed by atoms with Crippen molar-refractivity contribution in [3.05, 3.63) is 0 Å². The molecule has 0 radical (unpaired) electrons. The first-order chi connectivity index (χ1) is 12.6. The van der Waals surface area contributed by atoms with E-state index in [0.29, 0.717) is 11.4 Å². The number of nitrogens with zero attached hydrogens (tertiary/aromatic N) is 2. The van der Waals surface area contributed by atoms with E-state index < -0.39 is 0 Å². The van der Waals surface area contributed by atoms with Crippen LogP contribution in [0.15, 0.2) is 0 Å². The quantitative estimate of drug-likeness (QED) is 0.763. The van der Waals surface area contributed by atoms with E-state index in [2.05, 4.69) is 23.6 Å². The summed E-state index contributed by atoms with van der Waals surface area (Å²) in [6, 6.07) is 0. The zero-order chi connectivity index (χ0) is 17.7. The van der Waals surface area contributed by atoms with E-state index in [9.17, 15) is 4.79 Å². The molecule has 26 heavy (non-hydrogen) atoms. The predicted molar refractivity (Wildman–Crippen MR) is 103 cm³/mol. The van der Waals surface area contributed by atoms with Gasteiger partial charge >= 0.3 is 0 Å². The molecule has 4 saturated carbocycles. The molecule has 0 unspecified atom stereocenters. The summed E-state index contributed by atoms with van der Waals surface area (Å²) in [7, 11) is 0. The lowest BCUT2D eigenvalue weighted by molar-refractivity contribution is -0.301. The average Bonchev–Trinajstić information content (AvgIpc) is 2.58. The van der Waals surface area contributed by atoms with Gasteiger partial charge in [-0.2, -0.15) is 0 Å². The van der Waals surface area contributed by atoms with Crippen molar-refractivity contribution >= 4 is 5.78 Å². The Balaban J connectivity index is 1.45. The maximum Gasteiger partial charge on any atom is 0.150 e. The Labute approximate surface area is 158 Å². The number of Topliss-reactive ketones (excluding diaryl/α,β-unsaturated/α-hetero) is 1. The van der Waals surface area contributed by atoms with Crippen LogP contribution in [0.3, 0.4) is 0 Å². The van der Waals surface area contributed by atoms with Crippen LogP contribution < -0.4 is 0 Å². The monoisotopic (exact) mass is 356 g/mol. The number of carbonyl (C=O) groups excluding carboxylic acids is 1. The Morgan fingerprint density at radius 3 is 1.58 bits per heavy atom. The molecule has 3 nitrogen and oxygen atoms in total. The van der Waals surface area contributed by atoms with Gasteiger partial charge in [0, 0.05) is 26.2 Å². The van der Waals surface area contributed by atoms with Crippen LogP contribution in [0.4, 0.5) is 0 Å². The van der Waals surface area contributed by atoms with Crippen LogP contribution in [0.25, 0.3) is 0 Å². The lowest BCUT2D eigenvalue weighted by Crippen LogP contribution is -2.88. The van der Waals surface area contributed by atoms with Crippen molar-refractivity contribution in [3.8, 4) is 0 Å². The molecule has 4 aliphatic carbocycles. The van der Waals surface area contributed by atoms with Crippen LogP contribution in [0.1, 0.15) is 71.6 Å². The summed E-state index contributed by atoms with van der Waals surface area (Å²) < 4.78 is 0. The lowest BCUT2D eigenvalue weighted by atomic mass is 9.46. The number of ketones is 1. The predicted octanol–water partition coefficient (Wildman–Crippen LogP) is 3.93. The Kier molecular flexibility index (Phi) is 3.27. The first-order valence-electron chi connectivity index (χ1n) is 11.6. The molecule has 4 aliphatic heterocycles. The average molecular weight is 357 g/mol. The van der Waals surface area contributed by atoms with E-state index in [1.807, 2.05) is 0 Å². The maximum absolute atomic E-state index is 13.7. The molecule has 0 aromatic heterocycles. The van der Waals surface area contributed by atoms with Crippen molar-refractivity contribution in [3.63, 3.8) is 0 Å². The van der Waals surface area contributed by atoms with E-state index >= 15 is 0 Å². The summed E-state index contributed by atoms with van der Waals surface area (Å²) >= 11 is 0. The Morgan fingerprint density at radius 1 is 0.769 bits per heavy atom. The van der Waals surface area contributed by atoms with Crippen LogP contribution in [-0.4, -0.2) is 47.4 Å². The minimum Gasteiger partial charge on any atom is -0.298 e. The topological polar surface area (TPSA) is 23.6 Å². The Hall–Kier alpha value is -0.410. The van der Waals surface area contributed by atoms with Crippen LogP contribution in [-0.2, 0) is 4.79 Å². The molecule has 0 N–H and O–H groups in total. The highest BCUT2D eigenvalue weighted by molar-refractivity contribution is 5.93. The van der Waals surface area contributed by atoms with E-state index in [-0.39, 0.29) is 10.8 Å². The molecule has 144 valence electrons. The highest BCUT2D eigenvalue weighted by Gasteiger charge is 2.73. The van der Waals surface area contributed by atoms with Crippen LogP contribution >= 0.6 is 0 Å². The molecule has 8 bridgehead atoms. The van der Waals surface area contributed by atoms with Crippen LogP contribution in [0.5, 0.6) is 0 Å². The molecule has 8 fully saturated rings. The molecule has 8 aliphatic rings. The highest BCUT2D eigenvalue weighted by atomic mass is 16.1. The maximum atomic E-state index is 13.7. The fraction of sp³-hybridized carbons (Fsp3) is 0.957. The van der Waals surface area contributed by atoms with Crippen molar-refractivity contribution in [1.82, 2.24) is 9.80 Å². The van der Waals surface area contributed by atoms with Crippen molar-refractivity contribution in [2.24, 2.45) is 34.5 Å². The summed E-state index contributed by atoms with van der Waals surface area (Å²) in [5, 5.41) is 0. The molecular weight excluding hydrogens is 320 g/mol. The van der Waals surface area contributed by atoms with Gasteiger partial charge in [-0.3, -0.25) is 14.6 Å². The van der Waals surface area contributed by atoms with Crippen molar-refractivity contribution < 1.29 is 4.79 Å². The normalized spacial score (nSPS) is 58.9. The third kappa shape index (κ3) is 1.72. The number of rotatable bonds is 4. The first-order valence-corrected chi connectivity index (χ1v) is 11.6. The van der Waals surface area contributed by atoms with Crippen LogP contribution in [0.2, 0.25) is 0 Å². The third-order valence-electron chi connectivity index (χ3n) is 9.75. The summed E-state index contributed by atoms with van der Waals surface area (Å²) in [4.78, 5) is 19.6. The number of piperidine rings is 2. The second kappa shape index (κ2) is 5.14. The molecule has 8 rings (SSSR count). The van der Waals surface area contributed by atoms with Gasteiger partial charge in [-0.1, -0.05) is 26.7 Å². The van der Waals surface area contributed by atoms with Gasteiger partial charge in [0.15, 0.2) is 0 Å². The lowest BCUT2D eigenvalue weighted by Gasteiger charge is -2.77. The van der Waals surface area contributed by atoms with Gasteiger partial charge in [-0.05, 0) is 68.6 Å². The van der Waals surface area contributed by atoms with Gasteiger partial charge < -0.3 is 0 Å². The second-order valence-corrected chi connectivity index (χ2v) is 11.2. The minimum absolute atomic E-state index is 0.0413. The standard InChI is InChI=1S/C23H36N2O/c1-3-5-21-12-24-14-22(6-4-2,20(21)26)15-25(13-21)23(24)18-8-16-7-17(10-18)11-19(23)9-16/h16-19H,3-15H2,1-2H3. The molecule has 3 heteroatoms. The number of hydrogen-bond acceptors (Lipinski definition) is 3. The molecule has 0 atom stereocenters. The zero-order valence-electron chi connectivity index (χ0n) is 16.8. The fourth-order valence-electron chi connectivity index (χ4n) is 9.64. The van der Waals surface area contributed by atoms with Gasteiger partial charge in [0.2, 0.25) is 0 Å². The number of carbonyl (C=O) groups is 1. The smallest absolute Gasteiger partial charge is 0.150 e. The summed E-state index contributed by atoms with van der Waals surface area (Å²) in [6.45, 7) is 8.91. The van der Waals surface area contributed by atoms with Gasteiger partial charge in [-0.15, -0.1) is 0 Å². The molecule has 0 amide bonds. The van der Waals surface area contributed by atoms with Crippen molar-refractivity contribution in [2.75, 3.05) is 26.2 Å². The van der Waals surface area contributed by atoms with Crippen molar-refractivity contribution in [2.45, 2.75) is 77.3 Å². The summed E-state index contributed by atoms with van der Waals surface area (Å²) in [5.74, 6) is 4.51. The molecule has 0 aromatic carbocycles. The fourth-order valence-corrected chi connectivity index (χ4v) is 9.64. The highest BCUT2D eigenvalue weighted by Crippen LogP contribution is 2.67. The zero-order valence-corrected chi connectivity index (χ0v) is 16.8. The molecule has 0 aromatic rings. The largest absolute Gasteiger partial charge is 0.298 e. The van der Waals surface area contributed by atoms with E-state index in [1.165, 1.54) is 32.1 Å². The third-order valence-corrected chi connectivity index (χ3v) is 9.75. The first kappa shape index (κ1) is 16.5.